The number of hydrogen-bond acceptors (Lipinski definition) is 3. The number of ether oxygens (including phenoxy) is 1. The van der Waals surface area contributed by atoms with E-state index in [9.17, 15) is 4.79 Å². The second kappa shape index (κ2) is 6.86. The molecular weight excluding hydrogens is 204 g/mol. The Labute approximate surface area is 98.3 Å². The molecule has 0 spiro atoms. The van der Waals surface area contributed by atoms with Crippen LogP contribution in [-0.4, -0.2) is 50.7 Å². The molecule has 94 valence electrons. The van der Waals surface area contributed by atoms with E-state index in [1.54, 1.807) is 7.11 Å². The van der Waals surface area contributed by atoms with Gasteiger partial charge in [0.2, 0.25) is 5.91 Å². The highest BCUT2D eigenvalue weighted by Gasteiger charge is 2.27. The third-order valence-electron chi connectivity index (χ3n) is 3.18. The SMILES string of the molecule is CCN(CCOC)C(=O)C1CNCC(C)C1. The minimum atomic E-state index is 0.153. The molecule has 0 aliphatic carbocycles. The smallest absolute Gasteiger partial charge is 0.227 e. The number of nitrogens with one attached hydrogen (secondary N) is 1. The number of carbonyl (C=O) groups is 1. The van der Waals surface area contributed by atoms with Gasteiger partial charge in [-0.25, -0.2) is 0 Å². The molecule has 0 aromatic rings. The minimum Gasteiger partial charge on any atom is -0.383 e. The molecule has 1 heterocycles. The van der Waals surface area contributed by atoms with Crippen LogP contribution in [0.5, 0.6) is 0 Å². The van der Waals surface area contributed by atoms with Gasteiger partial charge < -0.3 is 15.0 Å². The Morgan fingerprint density at radius 2 is 2.25 bits per heavy atom. The molecule has 2 atom stereocenters. The molecule has 2 unspecified atom stereocenters. The van der Waals surface area contributed by atoms with Gasteiger partial charge in [0.1, 0.15) is 0 Å². The van der Waals surface area contributed by atoms with E-state index in [1.165, 1.54) is 0 Å². The van der Waals surface area contributed by atoms with Crippen molar-refractivity contribution in [2.45, 2.75) is 20.3 Å². The van der Waals surface area contributed by atoms with Crippen LogP contribution in [0, 0.1) is 11.8 Å². The topological polar surface area (TPSA) is 41.6 Å². The summed E-state index contributed by atoms with van der Waals surface area (Å²) in [5.74, 6) is 1.03. The molecule has 1 N–H and O–H groups in total. The van der Waals surface area contributed by atoms with E-state index in [0.29, 0.717) is 19.1 Å². The van der Waals surface area contributed by atoms with Gasteiger partial charge >= 0.3 is 0 Å². The van der Waals surface area contributed by atoms with Crippen LogP contribution in [0.2, 0.25) is 0 Å². The predicted octanol–water partition coefficient (Wildman–Crippen LogP) is 0.727. The van der Waals surface area contributed by atoms with Crippen molar-refractivity contribution in [2.75, 3.05) is 39.9 Å². The van der Waals surface area contributed by atoms with Crippen LogP contribution < -0.4 is 5.32 Å². The number of carbonyl (C=O) groups excluding carboxylic acids is 1. The molecule has 1 saturated heterocycles. The van der Waals surface area contributed by atoms with Crippen LogP contribution in [0.4, 0.5) is 0 Å². The molecule has 0 aromatic heterocycles. The van der Waals surface area contributed by atoms with Crippen molar-refractivity contribution < 1.29 is 9.53 Å². The summed E-state index contributed by atoms with van der Waals surface area (Å²) in [6.45, 7) is 8.17. The summed E-state index contributed by atoms with van der Waals surface area (Å²) in [6.07, 6.45) is 1.01. The number of nitrogens with zero attached hydrogens (tertiary/aromatic N) is 1. The highest BCUT2D eigenvalue weighted by Crippen LogP contribution is 2.18. The van der Waals surface area contributed by atoms with Gasteiger partial charge in [-0.15, -0.1) is 0 Å². The van der Waals surface area contributed by atoms with Gasteiger partial charge in [0.25, 0.3) is 0 Å². The summed E-state index contributed by atoms with van der Waals surface area (Å²) in [5.41, 5.74) is 0. The minimum absolute atomic E-state index is 0.153. The van der Waals surface area contributed by atoms with Crippen molar-refractivity contribution in [1.82, 2.24) is 10.2 Å². The first-order valence-electron chi connectivity index (χ1n) is 6.17. The van der Waals surface area contributed by atoms with Gasteiger partial charge in [-0.3, -0.25) is 4.79 Å². The summed E-state index contributed by atoms with van der Waals surface area (Å²) in [6, 6.07) is 0. The van der Waals surface area contributed by atoms with Crippen LogP contribution in [0.25, 0.3) is 0 Å². The average Bonchev–Trinajstić information content (AvgIpc) is 2.29. The van der Waals surface area contributed by atoms with Crippen LogP contribution in [-0.2, 0) is 9.53 Å². The molecule has 1 amide bonds. The Hall–Kier alpha value is -0.610. The van der Waals surface area contributed by atoms with Crippen molar-refractivity contribution in [3.63, 3.8) is 0 Å². The average molecular weight is 228 g/mol. The molecule has 0 aromatic carbocycles. The van der Waals surface area contributed by atoms with E-state index in [2.05, 4.69) is 12.2 Å². The zero-order valence-corrected chi connectivity index (χ0v) is 10.7. The Kier molecular flexibility index (Phi) is 5.77. The van der Waals surface area contributed by atoms with E-state index >= 15 is 0 Å². The maximum Gasteiger partial charge on any atom is 0.227 e. The third kappa shape index (κ3) is 3.76. The second-order valence-corrected chi connectivity index (χ2v) is 4.61. The molecule has 1 fully saturated rings. The summed E-state index contributed by atoms with van der Waals surface area (Å²) in [7, 11) is 1.67. The number of hydrogen-bond donors (Lipinski definition) is 1. The molecule has 1 rings (SSSR count). The van der Waals surface area contributed by atoms with Crippen molar-refractivity contribution in [2.24, 2.45) is 11.8 Å². The first kappa shape index (κ1) is 13.5. The fraction of sp³-hybridized carbons (Fsp3) is 0.917. The van der Waals surface area contributed by atoms with Crippen molar-refractivity contribution in [3.8, 4) is 0 Å². The van der Waals surface area contributed by atoms with E-state index in [0.717, 1.165) is 26.1 Å². The normalized spacial score (nSPS) is 25.4. The molecule has 1 aliphatic heterocycles. The first-order chi connectivity index (χ1) is 7.69. The van der Waals surface area contributed by atoms with Gasteiger partial charge in [-0.1, -0.05) is 6.92 Å². The maximum absolute atomic E-state index is 12.2. The summed E-state index contributed by atoms with van der Waals surface area (Å²) in [4.78, 5) is 14.1. The van der Waals surface area contributed by atoms with Gasteiger partial charge in [0.15, 0.2) is 0 Å². The largest absolute Gasteiger partial charge is 0.383 e. The molecule has 0 bridgehead atoms. The second-order valence-electron chi connectivity index (χ2n) is 4.61. The highest BCUT2D eigenvalue weighted by atomic mass is 16.5. The lowest BCUT2D eigenvalue weighted by atomic mass is 9.91. The quantitative estimate of drug-likeness (QED) is 0.754. The molecule has 4 heteroatoms. The Balaban J connectivity index is 2.46. The van der Waals surface area contributed by atoms with Crippen molar-refractivity contribution in [1.29, 1.82) is 0 Å². The summed E-state index contributed by atoms with van der Waals surface area (Å²) >= 11 is 0. The van der Waals surface area contributed by atoms with E-state index < -0.39 is 0 Å². The summed E-state index contributed by atoms with van der Waals surface area (Å²) in [5, 5.41) is 3.32. The number of amides is 1. The Bertz CT molecular complexity index is 221. The fourth-order valence-electron chi connectivity index (χ4n) is 2.23. The summed E-state index contributed by atoms with van der Waals surface area (Å²) < 4.78 is 5.02. The van der Waals surface area contributed by atoms with Gasteiger partial charge in [0, 0.05) is 26.7 Å². The van der Waals surface area contributed by atoms with E-state index in [1.807, 2.05) is 11.8 Å². The molecule has 1 aliphatic rings. The maximum atomic E-state index is 12.2. The van der Waals surface area contributed by atoms with Crippen LogP contribution >= 0.6 is 0 Å². The van der Waals surface area contributed by atoms with Crippen molar-refractivity contribution >= 4 is 5.91 Å². The standard InChI is InChI=1S/C12H24N2O2/c1-4-14(5-6-16-3)12(15)11-7-10(2)8-13-9-11/h10-11,13H,4-9H2,1-3H3. The third-order valence-corrected chi connectivity index (χ3v) is 3.18. The predicted molar refractivity (Wildman–Crippen MR) is 64.3 cm³/mol. The van der Waals surface area contributed by atoms with Gasteiger partial charge in [-0.2, -0.15) is 0 Å². The lowest BCUT2D eigenvalue weighted by Gasteiger charge is -2.31. The monoisotopic (exact) mass is 228 g/mol. The Morgan fingerprint density at radius 3 is 2.81 bits per heavy atom. The van der Waals surface area contributed by atoms with Gasteiger partial charge in [0.05, 0.1) is 12.5 Å². The number of likely N-dealkylation sites (N-methyl/N-ethyl adjacent to an activating group) is 1. The first-order valence-corrected chi connectivity index (χ1v) is 6.17. The van der Waals surface area contributed by atoms with Crippen LogP contribution in [0.1, 0.15) is 20.3 Å². The molecule has 16 heavy (non-hydrogen) atoms. The number of rotatable bonds is 5. The zero-order chi connectivity index (χ0) is 12.0. The van der Waals surface area contributed by atoms with Crippen LogP contribution in [0.3, 0.4) is 0 Å². The number of methoxy groups -OCH3 is 1. The van der Waals surface area contributed by atoms with E-state index in [-0.39, 0.29) is 11.8 Å². The number of piperidine rings is 1. The molecular formula is C12H24N2O2. The zero-order valence-electron chi connectivity index (χ0n) is 10.7. The Morgan fingerprint density at radius 1 is 1.50 bits per heavy atom. The lowest BCUT2D eigenvalue weighted by molar-refractivity contribution is -0.136. The van der Waals surface area contributed by atoms with E-state index in [4.69, 9.17) is 4.74 Å². The molecule has 0 saturated carbocycles. The van der Waals surface area contributed by atoms with Gasteiger partial charge in [-0.05, 0) is 25.8 Å². The fourth-order valence-corrected chi connectivity index (χ4v) is 2.23. The molecule has 4 nitrogen and oxygen atoms in total. The lowest BCUT2D eigenvalue weighted by Crippen LogP contribution is -2.46. The van der Waals surface area contributed by atoms with Crippen molar-refractivity contribution in [3.05, 3.63) is 0 Å². The molecule has 0 radical (unpaired) electrons. The van der Waals surface area contributed by atoms with Crippen LogP contribution in [0.15, 0.2) is 0 Å². The highest BCUT2D eigenvalue weighted by molar-refractivity contribution is 5.79.